The third-order valence-corrected chi connectivity index (χ3v) is 8.77. The van der Waals surface area contributed by atoms with Gasteiger partial charge in [-0.25, -0.2) is 0 Å². The van der Waals surface area contributed by atoms with Crippen LogP contribution in [0.1, 0.15) is 6.85 Å². The van der Waals surface area contributed by atoms with Crippen molar-refractivity contribution in [1.29, 1.82) is 0 Å². The Bertz CT molecular complexity index is 2730. The van der Waals surface area contributed by atoms with E-state index in [1.807, 2.05) is 30.3 Å². The smallest absolute Gasteiger partial charge is 0.143 e. The highest BCUT2D eigenvalue weighted by molar-refractivity contribution is 6.26. The largest absolute Gasteiger partial charge is 0.455 e. The van der Waals surface area contributed by atoms with Crippen LogP contribution in [0.2, 0.25) is 0 Å². The minimum absolute atomic E-state index is 0.125. The predicted octanol–water partition coefficient (Wildman–Crippen LogP) is 12.6. The second-order valence-electron chi connectivity index (χ2n) is 11.2. The normalized spacial score (nSPS) is 13.1. The van der Waals surface area contributed by atoms with Crippen LogP contribution < -0.4 is 0 Å². The van der Waals surface area contributed by atoms with Crippen LogP contribution in [0, 0.1) is 0 Å². The maximum Gasteiger partial charge on any atom is 0.143 e. The van der Waals surface area contributed by atoms with E-state index in [2.05, 4.69) is 103 Å². The molecule has 0 fully saturated rings. The molecule has 0 saturated carbocycles. The highest BCUT2D eigenvalue weighted by Crippen LogP contribution is 2.48. The molecule has 8 aromatic carbocycles. The second kappa shape index (κ2) is 10.4. The van der Waals surface area contributed by atoms with E-state index in [1.54, 1.807) is 6.07 Å². The number of hydrogen-bond donors (Lipinski definition) is 0. The van der Waals surface area contributed by atoms with Crippen molar-refractivity contribution in [3.05, 3.63) is 170 Å². The van der Waals surface area contributed by atoms with Gasteiger partial charge in [0, 0.05) is 16.3 Å². The van der Waals surface area contributed by atoms with E-state index >= 15 is 0 Å². The van der Waals surface area contributed by atoms with Crippen molar-refractivity contribution >= 4 is 43.5 Å². The molecular formula is C44H28O. The van der Waals surface area contributed by atoms with Gasteiger partial charge in [-0.15, -0.1) is 0 Å². The molecule has 1 heterocycles. The highest BCUT2D eigenvalue weighted by Gasteiger charge is 2.22. The molecule has 0 N–H and O–H groups in total. The van der Waals surface area contributed by atoms with Gasteiger partial charge in [-0.3, -0.25) is 0 Å². The van der Waals surface area contributed by atoms with Gasteiger partial charge in [-0.2, -0.15) is 0 Å². The lowest BCUT2D eigenvalue weighted by Crippen LogP contribution is -1.93. The van der Waals surface area contributed by atoms with Crippen LogP contribution in [0.4, 0.5) is 0 Å². The molecule has 0 amide bonds. The highest BCUT2D eigenvalue weighted by atomic mass is 16.3. The zero-order valence-corrected chi connectivity index (χ0v) is 24.2. The van der Waals surface area contributed by atoms with Gasteiger partial charge in [0.1, 0.15) is 11.2 Å². The Balaban J connectivity index is 1.38. The molecule has 9 aromatic rings. The topological polar surface area (TPSA) is 13.1 Å². The summed E-state index contributed by atoms with van der Waals surface area (Å²) in [5.74, 6) is 0. The summed E-state index contributed by atoms with van der Waals surface area (Å²) in [5.41, 5.74) is 8.46. The standard InChI is InChI=1S/C44H28O/c1-3-15-29(16-4-1)31-19-7-8-20-33(31)41-34-21-9-11-23-36(34)42(37-24-12-10-22-35(37)41)38-26-14-28-40-43(38)39-27-13-25-32(44(39)45-40)30-17-5-2-6-18-30/h1-28H/i2D,5D,6D,17D,18D. The van der Waals surface area contributed by atoms with Crippen molar-refractivity contribution < 1.29 is 11.3 Å². The van der Waals surface area contributed by atoms with Gasteiger partial charge >= 0.3 is 0 Å². The van der Waals surface area contributed by atoms with Crippen LogP contribution in [0.3, 0.4) is 0 Å². The van der Waals surface area contributed by atoms with Gasteiger partial charge in [0.2, 0.25) is 0 Å². The molecule has 1 nitrogen and oxygen atoms in total. The summed E-state index contributed by atoms with van der Waals surface area (Å²) in [7, 11) is 0. The first-order valence-electron chi connectivity index (χ1n) is 17.5. The summed E-state index contributed by atoms with van der Waals surface area (Å²) in [5, 5.41) is 6.19. The molecule has 0 spiro atoms. The lowest BCUT2D eigenvalue weighted by Gasteiger charge is -2.20. The van der Waals surface area contributed by atoms with Gasteiger partial charge in [0.15, 0.2) is 0 Å². The molecule has 0 radical (unpaired) electrons. The van der Waals surface area contributed by atoms with Crippen LogP contribution in [-0.2, 0) is 0 Å². The molecule has 0 aliphatic heterocycles. The average Bonchev–Trinajstić information content (AvgIpc) is 3.56. The molecule has 9 rings (SSSR count). The fourth-order valence-corrected chi connectivity index (χ4v) is 6.92. The van der Waals surface area contributed by atoms with E-state index in [1.165, 1.54) is 11.1 Å². The first-order valence-corrected chi connectivity index (χ1v) is 15.0. The summed E-state index contributed by atoms with van der Waals surface area (Å²) in [6.45, 7) is 0. The Hall–Kier alpha value is -5.92. The minimum Gasteiger partial charge on any atom is -0.455 e. The van der Waals surface area contributed by atoms with Crippen LogP contribution in [0.15, 0.2) is 174 Å². The average molecular weight is 578 g/mol. The number of benzene rings is 8. The van der Waals surface area contributed by atoms with Gasteiger partial charge in [0.05, 0.1) is 6.85 Å². The van der Waals surface area contributed by atoms with Crippen LogP contribution in [-0.4, -0.2) is 0 Å². The van der Waals surface area contributed by atoms with Gasteiger partial charge in [0.25, 0.3) is 0 Å². The van der Waals surface area contributed by atoms with E-state index in [-0.39, 0.29) is 29.7 Å². The second-order valence-corrected chi connectivity index (χ2v) is 11.2. The molecule has 210 valence electrons. The summed E-state index contributed by atoms with van der Waals surface area (Å²) < 4.78 is 48.7. The molecule has 0 bridgehead atoms. The van der Waals surface area contributed by atoms with Gasteiger partial charge in [-0.1, -0.05) is 164 Å². The monoisotopic (exact) mass is 577 g/mol. The van der Waals surface area contributed by atoms with Crippen molar-refractivity contribution in [2.24, 2.45) is 0 Å². The first kappa shape index (κ1) is 20.9. The fraction of sp³-hybridized carbons (Fsp3) is 0. The maximum absolute atomic E-state index is 8.69. The van der Waals surface area contributed by atoms with Crippen molar-refractivity contribution in [3.63, 3.8) is 0 Å². The van der Waals surface area contributed by atoms with E-state index in [9.17, 15) is 0 Å². The van der Waals surface area contributed by atoms with Crippen LogP contribution in [0.5, 0.6) is 0 Å². The fourth-order valence-electron chi connectivity index (χ4n) is 6.92. The Kier molecular flexibility index (Phi) is 4.81. The lowest BCUT2D eigenvalue weighted by atomic mass is 9.83. The van der Waals surface area contributed by atoms with E-state index in [4.69, 9.17) is 11.3 Å². The zero-order valence-electron chi connectivity index (χ0n) is 29.2. The van der Waals surface area contributed by atoms with E-state index in [0.717, 1.165) is 54.6 Å². The molecule has 1 heteroatoms. The summed E-state index contributed by atoms with van der Waals surface area (Å²) in [6, 6.07) is 46.2. The Morgan fingerprint density at radius 1 is 0.378 bits per heavy atom. The molecular weight excluding hydrogens is 544 g/mol. The molecule has 0 saturated heterocycles. The van der Waals surface area contributed by atoms with Crippen molar-refractivity contribution in [2.75, 3.05) is 0 Å². The molecule has 0 atom stereocenters. The molecule has 0 aliphatic carbocycles. The summed E-state index contributed by atoms with van der Waals surface area (Å²) >= 11 is 0. The number of hydrogen-bond acceptors (Lipinski definition) is 1. The number of furan rings is 1. The molecule has 0 aliphatic rings. The summed E-state index contributed by atoms with van der Waals surface area (Å²) in [4.78, 5) is 0. The van der Waals surface area contributed by atoms with Crippen molar-refractivity contribution in [3.8, 4) is 44.5 Å². The minimum atomic E-state index is -0.420. The Morgan fingerprint density at radius 3 is 1.58 bits per heavy atom. The number of para-hydroxylation sites is 1. The van der Waals surface area contributed by atoms with Crippen molar-refractivity contribution in [1.82, 2.24) is 0 Å². The first-order chi connectivity index (χ1) is 24.4. The summed E-state index contributed by atoms with van der Waals surface area (Å²) in [6.07, 6.45) is 0. The van der Waals surface area contributed by atoms with Crippen LogP contribution in [0.25, 0.3) is 88.0 Å². The molecule has 1 aromatic heterocycles. The molecule has 45 heavy (non-hydrogen) atoms. The third kappa shape index (κ3) is 4.02. The number of rotatable bonds is 4. The number of fused-ring (bicyclic) bond motifs is 5. The van der Waals surface area contributed by atoms with Gasteiger partial charge in [-0.05, 0) is 66.6 Å². The predicted molar refractivity (Wildman–Crippen MR) is 190 cm³/mol. The van der Waals surface area contributed by atoms with E-state index in [0.29, 0.717) is 16.7 Å². The maximum atomic E-state index is 8.69. The van der Waals surface area contributed by atoms with Crippen LogP contribution >= 0.6 is 0 Å². The van der Waals surface area contributed by atoms with Crippen molar-refractivity contribution in [2.45, 2.75) is 0 Å². The molecule has 0 unspecified atom stereocenters. The van der Waals surface area contributed by atoms with E-state index < -0.39 is 6.04 Å². The quantitative estimate of drug-likeness (QED) is 0.190. The van der Waals surface area contributed by atoms with Gasteiger partial charge < -0.3 is 4.42 Å². The zero-order chi connectivity index (χ0) is 34.1. The third-order valence-electron chi connectivity index (χ3n) is 8.77. The SMILES string of the molecule is [2H]c1c([2H])c([2H])c(-c2cccc3c2oc2cccc(-c4c5ccccc5c(-c5ccccc5-c5ccccc5)c5ccccc45)c23)c([2H])c1[2H]. The Morgan fingerprint density at radius 2 is 0.889 bits per heavy atom. The lowest BCUT2D eigenvalue weighted by molar-refractivity contribution is 0.670. The Labute approximate surface area is 268 Å².